The van der Waals surface area contributed by atoms with Gasteiger partial charge in [-0.1, -0.05) is 11.8 Å². The molecule has 0 spiro atoms. The summed E-state index contributed by atoms with van der Waals surface area (Å²) in [5.41, 5.74) is -4.14. The number of hydrogen-bond donors (Lipinski definition) is 1. The predicted molar refractivity (Wildman–Crippen MR) is 30.2 cm³/mol. The number of rotatable bonds is 3. The number of hydrogen-bond acceptors (Lipinski definition) is 2. The highest BCUT2D eigenvalue weighted by Crippen LogP contribution is 2.30. The zero-order valence-electron chi connectivity index (χ0n) is 4.61. The van der Waals surface area contributed by atoms with Crippen molar-refractivity contribution in [2.24, 2.45) is 0 Å². The summed E-state index contributed by atoms with van der Waals surface area (Å²) in [4.78, 5) is 0. The number of thioether (sulfide) groups is 1. The van der Waals surface area contributed by atoms with Gasteiger partial charge in [-0.2, -0.15) is 13.2 Å². The maximum absolute atomic E-state index is 11.3. The second-order valence-corrected chi connectivity index (χ2v) is 2.53. The molecule has 9 heavy (non-hydrogen) atoms. The standard InChI is InChI=1S/C4H7F3OS/c5-4(6,7)9-3-1-2-8/h8H,1-3H2. The van der Waals surface area contributed by atoms with E-state index in [1.165, 1.54) is 0 Å². The molecular weight excluding hydrogens is 153 g/mol. The molecule has 1 nitrogen and oxygen atoms in total. The average Bonchev–Trinajstić information content (AvgIpc) is 1.63. The first-order valence-corrected chi connectivity index (χ1v) is 3.36. The first kappa shape index (κ1) is 9.10. The van der Waals surface area contributed by atoms with E-state index in [0.29, 0.717) is 0 Å². The average molecular weight is 160 g/mol. The summed E-state index contributed by atoms with van der Waals surface area (Å²) in [6.45, 7) is -0.178. The van der Waals surface area contributed by atoms with Crippen molar-refractivity contribution >= 4 is 11.8 Å². The molecule has 0 aliphatic heterocycles. The lowest BCUT2D eigenvalue weighted by atomic mass is 10.5. The van der Waals surface area contributed by atoms with Gasteiger partial charge in [-0.3, -0.25) is 0 Å². The highest BCUT2D eigenvalue weighted by atomic mass is 32.2. The van der Waals surface area contributed by atoms with Crippen molar-refractivity contribution in [1.82, 2.24) is 0 Å². The molecule has 0 fully saturated rings. The minimum Gasteiger partial charge on any atom is -0.396 e. The van der Waals surface area contributed by atoms with Gasteiger partial charge in [0.05, 0.1) is 0 Å². The Kier molecular flexibility index (Phi) is 4.05. The van der Waals surface area contributed by atoms with Crippen LogP contribution in [0.3, 0.4) is 0 Å². The molecule has 0 atom stereocenters. The molecule has 5 heteroatoms. The fraction of sp³-hybridized carbons (Fsp3) is 1.00. The summed E-state index contributed by atoms with van der Waals surface area (Å²) in [5.74, 6) is -0.0556. The lowest BCUT2D eigenvalue weighted by Crippen LogP contribution is -2.01. The first-order valence-electron chi connectivity index (χ1n) is 2.38. The molecule has 0 aromatic rings. The van der Waals surface area contributed by atoms with Crippen LogP contribution < -0.4 is 0 Å². The minimum absolute atomic E-state index is 0.0556. The molecular formula is C4H7F3OS. The Morgan fingerprint density at radius 1 is 1.33 bits per heavy atom. The largest absolute Gasteiger partial charge is 0.441 e. The van der Waals surface area contributed by atoms with Crippen molar-refractivity contribution in [2.75, 3.05) is 12.4 Å². The Morgan fingerprint density at radius 3 is 2.22 bits per heavy atom. The van der Waals surface area contributed by atoms with Crippen LogP contribution in [0.1, 0.15) is 6.42 Å². The summed E-state index contributed by atoms with van der Waals surface area (Å²) in [7, 11) is 0. The number of aliphatic hydroxyl groups excluding tert-OH is 1. The van der Waals surface area contributed by atoms with Gasteiger partial charge in [0, 0.05) is 12.4 Å². The van der Waals surface area contributed by atoms with Crippen LogP contribution in [0.25, 0.3) is 0 Å². The lowest BCUT2D eigenvalue weighted by molar-refractivity contribution is -0.0328. The van der Waals surface area contributed by atoms with E-state index >= 15 is 0 Å². The normalized spacial score (nSPS) is 12.0. The number of alkyl halides is 3. The van der Waals surface area contributed by atoms with Gasteiger partial charge in [0.15, 0.2) is 0 Å². The molecule has 0 unspecified atom stereocenters. The van der Waals surface area contributed by atoms with Gasteiger partial charge in [0.1, 0.15) is 0 Å². The van der Waals surface area contributed by atoms with Crippen LogP contribution in [0.4, 0.5) is 13.2 Å². The Labute approximate surface area is 55.2 Å². The first-order chi connectivity index (χ1) is 4.06. The van der Waals surface area contributed by atoms with Crippen LogP contribution in [-0.2, 0) is 0 Å². The van der Waals surface area contributed by atoms with Gasteiger partial charge in [0.2, 0.25) is 0 Å². The SMILES string of the molecule is OCCCSC(F)(F)F. The maximum Gasteiger partial charge on any atom is 0.441 e. The van der Waals surface area contributed by atoms with Crippen molar-refractivity contribution in [3.63, 3.8) is 0 Å². The van der Waals surface area contributed by atoms with Crippen molar-refractivity contribution in [3.8, 4) is 0 Å². The van der Waals surface area contributed by atoms with Gasteiger partial charge in [0.25, 0.3) is 0 Å². The molecule has 0 aliphatic carbocycles. The van der Waals surface area contributed by atoms with E-state index in [4.69, 9.17) is 5.11 Å². The molecule has 0 aliphatic rings. The summed E-state index contributed by atoms with van der Waals surface area (Å²) >= 11 is -0.102. The Morgan fingerprint density at radius 2 is 1.89 bits per heavy atom. The molecule has 0 rings (SSSR count). The van der Waals surface area contributed by atoms with E-state index in [0.717, 1.165) is 0 Å². The third-order valence-corrected chi connectivity index (χ3v) is 1.39. The van der Waals surface area contributed by atoms with Crippen LogP contribution in [0.2, 0.25) is 0 Å². The molecule has 0 amide bonds. The maximum atomic E-state index is 11.3. The van der Waals surface area contributed by atoms with E-state index in [1.54, 1.807) is 0 Å². The van der Waals surface area contributed by atoms with Crippen LogP contribution in [0.5, 0.6) is 0 Å². The second kappa shape index (κ2) is 4.00. The molecule has 0 saturated carbocycles. The predicted octanol–water partition coefficient (Wildman–Crippen LogP) is 1.62. The summed E-state index contributed by atoms with van der Waals surface area (Å²) < 4.78 is 33.8. The Balaban J connectivity index is 3.07. The Hall–Kier alpha value is 0.100. The topological polar surface area (TPSA) is 20.2 Å². The fourth-order valence-corrected chi connectivity index (χ4v) is 0.757. The molecule has 0 aromatic carbocycles. The van der Waals surface area contributed by atoms with Crippen molar-refractivity contribution in [3.05, 3.63) is 0 Å². The van der Waals surface area contributed by atoms with E-state index in [9.17, 15) is 13.2 Å². The molecule has 0 heterocycles. The van der Waals surface area contributed by atoms with Crippen LogP contribution in [-0.4, -0.2) is 23.0 Å². The van der Waals surface area contributed by atoms with Gasteiger partial charge < -0.3 is 5.11 Å². The van der Waals surface area contributed by atoms with Gasteiger partial charge in [-0.15, -0.1) is 0 Å². The lowest BCUT2D eigenvalue weighted by Gasteiger charge is -2.02. The van der Waals surface area contributed by atoms with E-state index in [-0.39, 0.29) is 30.5 Å². The number of halogens is 3. The monoisotopic (exact) mass is 160 g/mol. The highest BCUT2D eigenvalue weighted by Gasteiger charge is 2.26. The van der Waals surface area contributed by atoms with E-state index in [1.807, 2.05) is 0 Å². The highest BCUT2D eigenvalue weighted by molar-refractivity contribution is 8.00. The molecule has 0 radical (unpaired) electrons. The minimum atomic E-state index is -4.14. The van der Waals surface area contributed by atoms with Crippen LogP contribution in [0, 0.1) is 0 Å². The molecule has 56 valence electrons. The van der Waals surface area contributed by atoms with Crippen molar-refractivity contribution < 1.29 is 18.3 Å². The second-order valence-electron chi connectivity index (χ2n) is 1.37. The van der Waals surface area contributed by atoms with Crippen LogP contribution in [0.15, 0.2) is 0 Å². The fourth-order valence-electron chi connectivity index (χ4n) is 0.252. The summed E-state index contributed by atoms with van der Waals surface area (Å²) in [6.07, 6.45) is 0.199. The van der Waals surface area contributed by atoms with Gasteiger partial charge in [-0.05, 0) is 6.42 Å². The summed E-state index contributed by atoms with van der Waals surface area (Å²) in [5, 5.41) is 8.08. The van der Waals surface area contributed by atoms with E-state index in [2.05, 4.69) is 0 Å². The molecule has 0 saturated heterocycles. The molecule has 0 bridgehead atoms. The number of aliphatic hydroxyl groups is 1. The van der Waals surface area contributed by atoms with Crippen molar-refractivity contribution in [1.29, 1.82) is 0 Å². The van der Waals surface area contributed by atoms with Gasteiger partial charge in [-0.25, -0.2) is 0 Å². The third kappa shape index (κ3) is 8.10. The van der Waals surface area contributed by atoms with Crippen molar-refractivity contribution in [2.45, 2.75) is 11.9 Å². The Bertz CT molecular complexity index is 72.7. The third-order valence-electron chi connectivity index (χ3n) is 0.568. The molecule has 1 N–H and O–H groups in total. The smallest absolute Gasteiger partial charge is 0.396 e. The van der Waals surface area contributed by atoms with Gasteiger partial charge >= 0.3 is 5.51 Å². The summed E-state index contributed by atoms with van der Waals surface area (Å²) in [6, 6.07) is 0. The zero-order valence-corrected chi connectivity index (χ0v) is 5.43. The molecule has 0 aromatic heterocycles. The zero-order chi connectivity index (χ0) is 7.33. The van der Waals surface area contributed by atoms with Crippen LogP contribution >= 0.6 is 11.8 Å². The quantitative estimate of drug-likeness (QED) is 0.633. The van der Waals surface area contributed by atoms with E-state index < -0.39 is 5.51 Å².